The number of hydrogen-bond donors (Lipinski definition) is 0. The van der Waals surface area contributed by atoms with E-state index >= 15 is 0 Å². The average molecular weight is 401 g/mol. The fourth-order valence-electron chi connectivity index (χ4n) is 2.59. The summed E-state index contributed by atoms with van der Waals surface area (Å²) < 4.78 is 6.62. The maximum Gasteiger partial charge on any atom is 0.319 e. The Morgan fingerprint density at radius 2 is 2.15 bits per heavy atom. The van der Waals surface area contributed by atoms with Gasteiger partial charge in [0, 0.05) is 11.4 Å². The average Bonchev–Trinajstić information content (AvgIpc) is 3.10. The molecule has 0 aliphatic rings. The molecule has 2 aromatic heterocycles. The minimum Gasteiger partial charge on any atom is -0.465 e. The zero-order valence-corrected chi connectivity index (χ0v) is 16.8. The molecule has 140 valence electrons. The van der Waals surface area contributed by atoms with Crippen molar-refractivity contribution in [3.63, 3.8) is 0 Å². The molecular weight excluding hydrogens is 380 g/mol. The number of aromatic nitrogens is 2. The van der Waals surface area contributed by atoms with Crippen LogP contribution in [0.4, 0.5) is 0 Å². The first-order chi connectivity index (χ1) is 13.0. The van der Waals surface area contributed by atoms with E-state index in [0.717, 1.165) is 10.4 Å². The van der Waals surface area contributed by atoms with Gasteiger partial charge in [-0.1, -0.05) is 48.2 Å². The van der Waals surface area contributed by atoms with E-state index < -0.39 is 5.25 Å². The third kappa shape index (κ3) is 4.14. The van der Waals surface area contributed by atoms with Crippen LogP contribution in [0, 0.1) is 0 Å². The van der Waals surface area contributed by atoms with E-state index in [0.29, 0.717) is 28.5 Å². The van der Waals surface area contributed by atoms with Crippen molar-refractivity contribution in [1.29, 1.82) is 0 Å². The summed E-state index contributed by atoms with van der Waals surface area (Å²) >= 11 is 2.70. The highest BCUT2D eigenvalue weighted by Gasteiger charge is 2.21. The van der Waals surface area contributed by atoms with Gasteiger partial charge in [0.1, 0.15) is 10.1 Å². The molecule has 7 heteroatoms. The Balaban J connectivity index is 2.07. The Morgan fingerprint density at radius 3 is 2.81 bits per heavy atom. The van der Waals surface area contributed by atoms with Gasteiger partial charge in [-0.3, -0.25) is 14.2 Å². The van der Waals surface area contributed by atoms with Gasteiger partial charge in [-0.05, 0) is 25.5 Å². The maximum absolute atomic E-state index is 13.0. The number of nitrogens with zero attached hydrogens (tertiary/aromatic N) is 2. The monoisotopic (exact) mass is 400 g/mol. The summed E-state index contributed by atoms with van der Waals surface area (Å²) in [5.41, 5.74) is 0.918. The molecule has 0 saturated heterocycles. The van der Waals surface area contributed by atoms with Gasteiger partial charge in [0.25, 0.3) is 5.56 Å². The quantitative estimate of drug-likeness (QED) is 0.255. The number of allylic oxidation sites excluding steroid dienone is 1. The SMILES string of the molecule is C=CCn1c(SC(C)C(=O)OCC)nc2sc(-c3ccccc3)cc2c1=O. The van der Waals surface area contributed by atoms with Crippen molar-refractivity contribution in [1.82, 2.24) is 9.55 Å². The first-order valence-electron chi connectivity index (χ1n) is 8.59. The van der Waals surface area contributed by atoms with Crippen molar-refractivity contribution >= 4 is 39.3 Å². The van der Waals surface area contributed by atoms with Gasteiger partial charge in [0.15, 0.2) is 5.16 Å². The number of thioether (sulfide) groups is 1. The molecule has 0 saturated carbocycles. The highest BCUT2D eigenvalue weighted by atomic mass is 32.2. The predicted octanol–water partition coefficient (Wildman–Crippen LogP) is 4.35. The van der Waals surface area contributed by atoms with E-state index in [2.05, 4.69) is 11.6 Å². The first kappa shape index (κ1) is 19.4. The Bertz CT molecular complexity index is 1020. The van der Waals surface area contributed by atoms with Gasteiger partial charge in [0.2, 0.25) is 0 Å². The number of thiophene rings is 1. The Kier molecular flexibility index (Phi) is 6.13. The molecule has 1 unspecified atom stereocenters. The third-order valence-electron chi connectivity index (χ3n) is 3.89. The minimum atomic E-state index is -0.459. The molecule has 0 bridgehead atoms. The second-order valence-electron chi connectivity index (χ2n) is 5.81. The number of ether oxygens (including phenoxy) is 1. The van der Waals surface area contributed by atoms with Crippen LogP contribution in [0.2, 0.25) is 0 Å². The van der Waals surface area contributed by atoms with Gasteiger partial charge >= 0.3 is 5.97 Å². The van der Waals surface area contributed by atoms with Crippen molar-refractivity contribution in [2.24, 2.45) is 0 Å². The second-order valence-corrected chi connectivity index (χ2v) is 8.15. The number of carbonyl (C=O) groups is 1. The highest BCUT2D eigenvalue weighted by Crippen LogP contribution is 2.32. The van der Waals surface area contributed by atoms with Gasteiger partial charge in [-0.25, -0.2) is 4.98 Å². The van der Waals surface area contributed by atoms with Gasteiger partial charge in [-0.2, -0.15) is 0 Å². The highest BCUT2D eigenvalue weighted by molar-refractivity contribution is 8.00. The Hall–Kier alpha value is -2.38. The molecule has 3 rings (SSSR count). The molecule has 0 spiro atoms. The summed E-state index contributed by atoms with van der Waals surface area (Å²) in [6.07, 6.45) is 1.65. The largest absolute Gasteiger partial charge is 0.465 e. The lowest BCUT2D eigenvalue weighted by Crippen LogP contribution is -2.24. The van der Waals surface area contributed by atoms with Crippen LogP contribution in [0.3, 0.4) is 0 Å². The first-order valence-corrected chi connectivity index (χ1v) is 10.3. The molecule has 0 amide bonds. The molecule has 2 heterocycles. The summed E-state index contributed by atoms with van der Waals surface area (Å²) in [6, 6.07) is 11.8. The Morgan fingerprint density at radius 1 is 1.41 bits per heavy atom. The second kappa shape index (κ2) is 8.54. The van der Waals surface area contributed by atoms with E-state index in [-0.39, 0.29) is 11.5 Å². The minimum absolute atomic E-state index is 0.128. The topological polar surface area (TPSA) is 61.2 Å². The number of carbonyl (C=O) groups excluding carboxylic acids is 1. The summed E-state index contributed by atoms with van der Waals surface area (Å²) in [6.45, 7) is 7.90. The van der Waals surface area contributed by atoms with Crippen LogP contribution in [0.25, 0.3) is 20.7 Å². The summed E-state index contributed by atoms with van der Waals surface area (Å²) in [7, 11) is 0. The van der Waals surface area contributed by atoms with Gasteiger partial charge in [-0.15, -0.1) is 17.9 Å². The number of hydrogen-bond acceptors (Lipinski definition) is 6. The van der Waals surface area contributed by atoms with E-state index in [9.17, 15) is 9.59 Å². The number of fused-ring (bicyclic) bond motifs is 1. The van der Waals surface area contributed by atoms with Crippen LogP contribution >= 0.6 is 23.1 Å². The molecule has 1 atom stereocenters. The van der Waals surface area contributed by atoms with Crippen LogP contribution in [0.1, 0.15) is 13.8 Å². The van der Waals surface area contributed by atoms with Crippen LogP contribution in [0.5, 0.6) is 0 Å². The van der Waals surface area contributed by atoms with E-state index in [4.69, 9.17) is 4.74 Å². The number of rotatable bonds is 7. The summed E-state index contributed by atoms with van der Waals surface area (Å²) in [4.78, 5) is 31.3. The fourth-order valence-corrected chi connectivity index (χ4v) is 4.58. The molecule has 5 nitrogen and oxygen atoms in total. The van der Waals surface area contributed by atoms with Crippen molar-refractivity contribution in [2.45, 2.75) is 30.8 Å². The fraction of sp³-hybridized carbons (Fsp3) is 0.250. The van der Waals surface area contributed by atoms with Crippen molar-refractivity contribution < 1.29 is 9.53 Å². The zero-order chi connectivity index (χ0) is 19.4. The predicted molar refractivity (Wildman–Crippen MR) is 111 cm³/mol. The Labute approximate surface area is 165 Å². The molecular formula is C20H20N2O3S2. The van der Waals surface area contributed by atoms with E-state index in [1.54, 1.807) is 24.5 Å². The van der Waals surface area contributed by atoms with Crippen molar-refractivity contribution in [2.75, 3.05) is 6.61 Å². The maximum atomic E-state index is 13.0. The molecule has 0 radical (unpaired) electrons. The van der Waals surface area contributed by atoms with Crippen molar-refractivity contribution in [3.8, 4) is 10.4 Å². The van der Waals surface area contributed by atoms with Crippen LogP contribution in [-0.4, -0.2) is 27.4 Å². The van der Waals surface area contributed by atoms with Gasteiger partial charge in [0.05, 0.1) is 12.0 Å². The van der Waals surface area contributed by atoms with Crippen LogP contribution < -0.4 is 5.56 Å². The van der Waals surface area contributed by atoms with Crippen LogP contribution in [-0.2, 0) is 16.1 Å². The normalized spacial score (nSPS) is 12.1. The lowest BCUT2D eigenvalue weighted by molar-refractivity contribution is -0.142. The van der Waals surface area contributed by atoms with Gasteiger partial charge < -0.3 is 4.74 Å². The smallest absolute Gasteiger partial charge is 0.319 e. The number of benzene rings is 1. The lowest BCUT2D eigenvalue weighted by Gasteiger charge is -2.13. The summed E-state index contributed by atoms with van der Waals surface area (Å²) in [5, 5.41) is 0.613. The summed E-state index contributed by atoms with van der Waals surface area (Å²) in [5.74, 6) is -0.321. The van der Waals surface area contributed by atoms with Crippen LogP contribution in [0.15, 0.2) is 59.0 Å². The molecule has 27 heavy (non-hydrogen) atoms. The van der Waals surface area contributed by atoms with Crippen molar-refractivity contribution in [3.05, 3.63) is 59.4 Å². The molecule has 0 N–H and O–H groups in total. The number of esters is 1. The lowest BCUT2D eigenvalue weighted by atomic mass is 10.2. The van der Waals surface area contributed by atoms with E-state index in [1.807, 2.05) is 36.4 Å². The third-order valence-corrected chi connectivity index (χ3v) is 6.03. The molecule has 3 aromatic rings. The molecule has 0 aliphatic heterocycles. The van der Waals surface area contributed by atoms with E-state index in [1.165, 1.54) is 23.1 Å². The molecule has 0 fully saturated rings. The standard InChI is InChI=1S/C20H20N2O3S2/c1-4-11-22-18(23)15-12-16(14-9-7-6-8-10-14)27-17(15)21-20(22)26-13(3)19(24)25-5-2/h4,6-10,12-13H,1,5,11H2,2-3H3. The molecule has 0 aliphatic carbocycles. The molecule has 1 aromatic carbocycles. The zero-order valence-electron chi connectivity index (χ0n) is 15.2.